The Balaban J connectivity index is 1.69. The molecule has 0 saturated carbocycles. The molecule has 2 fully saturated rings. The highest BCUT2D eigenvalue weighted by Gasteiger charge is 2.44. The standard InChI is InChI=1S/C17H22N2O2/c1-13-5-7-14(8-6-13)12-19-16(20)11-15(17(19)21)18-9-3-2-4-10-18/h5-8,15H,2-4,9-12H2,1H3/p+1/t15-/m1/s1. The Kier molecular flexibility index (Phi) is 4.06. The van der Waals surface area contributed by atoms with Crippen LogP contribution in [0.4, 0.5) is 0 Å². The minimum absolute atomic E-state index is 0.0105. The van der Waals surface area contributed by atoms with Crippen molar-refractivity contribution in [2.24, 2.45) is 0 Å². The van der Waals surface area contributed by atoms with E-state index in [2.05, 4.69) is 0 Å². The van der Waals surface area contributed by atoms with Crippen molar-refractivity contribution in [3.05, 3.63) is 35.4 Å². The lowest BCUT2D eigenvalue weighted by Crippen LogP contribution is -3.17. The number of rotatable bonds is 3. The molecular formula is C17H23N2O2+. The van der Waals surface area contributed by atoms with E-state index in [9.17, 15) is 9.59 Å². The number of imide groups is 1. The number of benzene rings is 1. The van der Waals surface area contributed by atoms with E-state index in [-0.39, 0.29) is 17.9 Å². The second kappa shape index (κ2) is 5.98. The highest BCUT2D eigenvalue weighted by Crippen LogP contribution is 2.16. The lowest BCUT2D eigenvalue weighted by molar-refractivity contribution is -0.919. The molecule has 21 heavy (non-hydrogen) atoms. The summed E-state index contributed by atoms with van der Waals surface area (Å²) in [5.74, 6) is 0.0149. The van der Waals surface area contributed by atoms with Crippen LogP contribution in [-0.4, -0.2) is 35.8 Å². The van der Waals surface area contributed by atoms with Crippen molar-refractivity contribution in [2.75, 3.05) is 13.1 Å². The summed E-state index contributed by atoms with van der Waals surface area (Å²) in [6, 6.07) is 7.90. The van der Waals surface area contributed by atoms with Crippen LogP contribution >= 0.6 is 0 Å². The lowest BCUT2D eigenvalue weighted by atomic mass is 10.1. The number of nitrogens with zero attached hydrogens (tertiary/aromatic N) is 1. The van der Waals surface area contributed by atoms with Gasteiger partial charge in [0.2, 0.25) is 5.91 Å². The van der Waals surface area contributed by atoms with Gasteiger partial charge in [-0.15, -0.1) is 0 Å². The molecule has 0 radical (unpaired) electrons. The van der Waals surface area contributed by atoms with E-state index in [0.717, 1.165) is 18.7 Å². The van der Waals surface area contributed by atoms with E-state index in [1.54, 1.807) is 0 Å². The molecule has 0 bridgehead atoms. The summed E-state index contributed by atoms with van der Waals surface area (Å²) in [6.45, 7) is 4.51. The molecule has 0 unspecified atom stereocenters. The molecule has 2 aliphatic heterocycles. The Morgan fingerprint density at radius 2 is 1.76 bits per heavy atom. The Labute approximate surface area is 125 Å². The van der Waals surface area contributed by atoms with Crippen molar-refractivity contribution in [2.45, 2.75) is 45.2 Å². The maximum atomic E-state index is 12.6. The van der Waals surface area contributed by atoms with Gasteiger partial charge in [0.05, 0.1) is 26.1 Å². The minimum Gasteiger partial charge on any atom is -0.324 e. The zero-order valence-electron chi connectivity index (χ0n) is 12.6. The van der Waals surface area contributed by atoms with Crippen molar-refractivity contribution in [1.29, 1.82) is 0 Å². The lowest BCUT2D eigenvalue weighted by Gasteiger charge is -2.27. The highest BCUT2D eigenvalue weighted by molar-refractivity contribution is 6.04. The van der Waals surface area contributed by atoms with Crippen LogP contribution in [-0.2, 0) is 16.1 Å². The second-order valence-electron chi connectivity index (χ2n) is 6.28. The van der Waals surface area contributed by atoms with Crippen LogP contribution in [0.25, 0.3) is 0 Å². The molecule has 4 nitrogen and oxygen atoms in total. The third-order valence-electron chi connectivity index (χ3n) is 4.69. The molecule has 3 rings (SSSR count). The maximum Gasteiger partial charge on any atom is 0.288 e. The van der Waals surface area contributed by atoms with Crippen LogP contribution < -0.4 is 4.90 Å². The molecule has 0 aliphatic carbocycles. The first-order chi connectivity index (χ1) is 10.1. The normalized spacial score (nSPS) is 23.9. The van der Waals surface area contributed by atoms with Crippen molar-refractivity contribution < 1.29 is 14.5 Å². The number of piperidine rings is 1. The number of hydrogen-bond donors (Lipinski definition) is 1. The van der Waals surface area contributed by atoms with Gasteiger partial charge in [-0.1, -0.05) is 29.8 Å². The highest BCUT2D eigenvalue weighted by atomic mass is 16.2. The third-order valence-corrected chi connectivity index (χ3v) is 4.69. The first-order valence-corrected chi connectivity index (χ1v) is 7.89. The van der Waals surface area contributed by atoms with Crippen LogP contribution in [0, 0.1) is 6.92 Å². The van der Waals surface area contributed by atoms with E-state index < -0.39 is 0 Å². The number of aryl methyl sites for hydroxylation is 1. The quantitative estimate of drug-likeness (QED) is 0.831. The smallest absolute Gasteiger partial charge is 0.288 e. The molecule has 1 aromatic rings. The predicted octanol–water partition coefficient (Wildman–Crippen LogP) is 0.691. The van der Waals surface area contributed by atoms with E-state index in [1.807, 2.05) is 31.2 Å². The van der Waals surface area contributed by atoms with Gasteiger partial charge in [-0.25, -0.2) is 0 Å². The average molecular weight is 287 g/mol. The number of carbonyl (C=O) groups excluding carboxylic acids is 2. The van der Waals surface area contributed by atoms with Gasteiger partial charge in [0.15, 0.2) is 6.04 Å². The SMILES string of the molecule is Cc1ccc(CN2C(=O)C[C@@H]([NH+]3CCCCC3)C2=O)cc1. The largest absolute Gasteiger partial charge is 0.324 e. The first-order valence-electron chi connectivity index (χ1n) is 7.89. The van der Waals surface area contributed by atoms with Crippen LogP contribution in [0.1, 0.15) is 36.8 Å². The molecule has 2 aliphatic rings. The van der Waals surface area contributed by atoms with Crippen molar-refractivity contribution in [3.8, 4) is 0 Å². The fourth-order valence-corrected chi connectivity index (χ4v) is 3.40. The van der Waals surface area contributed by atoms with Gasteiger partial charge in [-0.05, 0) is 31.7 Å². The van der Waals surface area contributed by atoms with Crippen LogP contribution in [0.5, 0.6) is 0 Å². The maximum absolute atomic E-state index is 12.6. The fourth-order valence-electron chi connectivity index (χ4n) is 3.40. The van der Waals surface area contributed by atoms with Gasteiger partial charge in [-0.2, -0.15) is 0 Å². The van der Waals surface area contributed by atoms with E-state index >= 15 is 0 Å². The van der Waals surface area contributed by atoms with Gasteiger partial charge in [0, 0.05) is 0 Å². The molecule has 112 valence electrons. The van der Waals surface area contributed by atoms with Gasteiger partial charge in [0.25, 0.3) is 5.91 Å². The Hall–Kier alpha value is -1.68. The Morgan fingerprint density at radius 3 is 2.43 bits per heavy atom. The number of amides is 2. The zero-order valence-corrected chi connectivity index (χ0v) is 12.6. The van der Waals surface area contributed by atoms with Crippen molar-refractivity contribution in [1.82, 2.24) is 4.90 Å². The summed E-state index contributed by atoms with van der Waals surface area (Å²) < 4.78 is 0. The summed E-state index contributed by atoms with van der Waals surface area (Å²) in [4.78, 5) is 27.5. The summed E-state index contributed by atoms with van der Waals surface area (Å²) >= 11 is 0. The summed E-state index contributed by atoms with van der Waals surface area (Å²) in [7, 11) is 0. The van der Waals surface area contributed by atoms with E-state index in [0.29, 0.717) is 13.0 Å². The first kappa shape index (κ1) is 14.3. The van der Waals surface area contributed by atoms with E-state index in [1.165, 1.54) is 34.6 Å². The van der Waals surface area contributed by atoms with Gasteiger partial charge in [-0.3, -0.25) is 14.5 Å². The fraction of sp³-hybridized carbons (Fsp3) is 0.529. The summed E-state index contributed by atoms with van der Waals surface area (Å²) in [5.41, 5.74) is 2.21. The number of quaternary nitrogens is 1. The van der Waals surface area contributed by atoms with Crippen LogP contribution in [0.3, 0.4) is 0 Å². The van der Waals surface area contributed by atoms with E-state index in [4.69, 9.17) is 0 Å². The van der Waals surface area contributed by atoms with Crippen molar-refractivity contribution in [3.63, 3.8) is 0 Å². The average Bonchev–Trinajstić information content (AvgIpc) is 2.78. The molecule has 1 atom stereocenters. The molecule has 0 spiro atoms. The molecule has 4 heteroatoms. The molecule has 2 heterocycles. The summed E-state index contributed by atoms with van der Waals surface area (Å²) in [6.07, 6.45) is 3.99. The van der Waals surface area contributed by atoms with Crippen LogP contribution in [0.15, 0.2) is 24.3 Å². The zero-order chi connectivity index (χ0) is 14.8. The van der Waals surface area contributed by atoms with Crippen molar-refractivity contribution >= 4 is 11.8 Å². The molecule has 2 saturated heterocycles. The van der Waals surface area contributed by atoms with Crippen LogP contribution in [0.2, 0.25) is 0 Å². The molecule has 0 aromatic heterocycles. The summed E-state index contributed by atoms with van der Waals surface area (Å²) in [5, 5.41) is 0. The predicted molar refractivity (Wildman–Crippen MR) is 79.7 cm³/mol. The molecule has 2 amide bonds. The monoisotopic (exact) mass is 287 g/mol. The Morgan fingerprint density at radius 1 is 1.10 bits per heavy atom. The van der Waals surface area contributed by atoms with Gasteiger partial charge < -0.3 is 4.90 Å². The number of nitrogens with one attached hydrogen (secondary N) is 1. The minimum atomic E-state index is -0.136. The van der Waals surface area contributed by atoms with Gasteiger partial charge >= 0.3 is 0 Å². The number of likely N-dealkylation sites (tertiary alicyclic amines) is 2. The molecule has 1 N–H and O–H groups in total. The second-order valence-corrected chi connectivity index (χ2v) is 6.28. The number of carbonyl (C=O) groups is 2. The number of hydrogen-bond acceptors (Lipinski definition) is 2. The molecular weight excluding hydrogens is 264 g/mol. The van der Waals surface area contributed by atoms with Gasteiger partial charge in [0.1, 0.15) is 0 Å². The Bertz CT molecular complexity index is 532. The topological polar surface area (TPSA) is 41.8 Å². The third kappa shape index (κ3) is 3.00. The molecule has 1 aromatic carbocycles.